The molecular weight excluding hydrogens is 268 g/mol. The van der Waals surface area contributed by atoms with Gasteiger partial charge in [0.15, 0.2) is 0 Å². The van der Waals surface area contributed by atoms with Crippen LogP contribution in [0.15, 0.2) is 66.3 Å². The van der Waals surface area contributed by atoms with Crippen LogP contribution in [0.25, 0.3) is 11.1 Å². The Labute approximate surface area is 128 Å². The summed E-state index contributed by atoms with van der Waals surface area (Å²) in [7, 11) is -0.401. The Bertz CT molecular complexity index is 765. The second-order valence-corrected chi connectivity index (χ2v) is 8.77. The van der Waals surface area contributed by atoms with Crippen LogP contribution in [0.1, 0.15) is 23.5 Å². The van der Waals surface area contributed by atoms with E-state index in [4.69, 9.17) is 0 Å². The Morgan fingerprint density at radius 2 is 1.76 bits per heavy atom. The van der Waals surface area contributed by atoms with Crippen molar-refractivity contribution in [3.63, 3.8) is 0 Å². The van der Waals surface area contributed by atoms with Gasteiger partial charge in [-0.25, -0.2) is 0 Å². The molecule has 0 saturated heterocycles. The lowest BCUT2D eigenvalue weighted by Gasteiger charge is -2.16. The molecule has 2 aromatic rings. The van der Waals surface area contributed by atoms with E-state index in [9.17, 15) is 0 Å². The normalized spacial score (nSPS) is 18.8. The summed E-state index contributed by atoms with van der Waals surface area (Å²) in [6.45, 7) is 4.75. The van der Waals surface area contributed by atoms with Crippen LogP contribution in [0.2, 0.25) is 13.1 Å². The third kappa shape index (κ3) is 1.96. The molecule has 0 aromatic heterocycles. The minimum absolute atomic E-state index is 0.401. The molecule has 2 aromatic carbocycles. The first kappa shape index (κ1) is 12.8. The fourth-order valence-electron chi connectivity index (χ4n) is 3.60. The maximum absolute atomic E-state index is 2.48. The molecule has 0 bridgehead atoms. The average Bonchev–Trinajstić information content (AvgIpc) is 3.11. The first-order valence-corrected chi connectivity index (χ1v) is 10.1. The van der Waals surface area contributed by atoms with E-state index in [0.717, 1.165) is 6.42 Å². The van der Waals surface area contributed by atoms with Crippen molar-refractivity contribution in [3.05, 3.63) is 77.4 Å². The Morgan fingerprint density at radius 3 is 2.52 bits per heavy atom. The van der Waals surface area contributed by atoms with Crippen molar-refractivity contribution in [1.29, 1.82) is 0 Å². The molecule has 1 heteroatoms. The van der Waals surface area contributed by atoms with Gasteiger partial charge in [0.2, 0.25) is 0 Å². The van der Waals surface area contributed by atoms with Crippen LogP contribution >= 0.6 is 0 Å². The Hall–Kier alpha value is -1.86. The molecule has 4 rings (SSSR count). The van der Waals surface area contributed by atoms with Crippen molar-refractivity contribution in [3.8, 4) is 11.1 Å². The zero-order valence-corrected chi connectivity index (χ0v) is 13.6. The van der Waals surface area contributed by atoms with E-state index < -0.39 is 8.80 Å². The van der Waals surface area contributed by atoms with Gasteiger partial charge in [0.1, 0.15) is 0 Å². The summed E-state index contributed by atoms with van der Waals surface area (Å²) in [6, 6.07) is 16.1. The Kier molecular flexibility index (Phi) is 2.97. The molecule has 0 heterocycles. The lowest BCUT2D eigenvalue weighted by atomic mass is 9.88. The number of rotatable bonds is 2. The Balaban J connectivity index is 1.93. The molecule has 1 unspecified atom stereocenters. The van der Waals surface area contributed by atoms with Crippen molar-refractivity contribution in [1.82, 2.24) is 0 Å². The molecule has 0 aliphatic heterocycles. The predicted octanol–water partition coefficient (Wildman–Crippen LogP) is 4.65. The molecule has 1 atom stereocenters. The molecule has 0 N–H and O–H groups in total. The summed E-state index contributed by atoms with van der Waals surface area (Å²) in [5.74, 6) is 0.465. The zero-order chi connectivity index (χ0) is 14.4. The van der Waals surface area contributed by atoms with Crippen LogP contribution in [0.5, 0.6) is 0 Å². The van der Waals surface area contributed by atoms with Crippen molar-refractivity contribution in [2.45, 2.75) is 25.4 Å². The van der Waals surface area contributed by atoms with Gasteiger partial charge in [-0.3, -0.25) is 0 Å². The summed E-state index contributed by atoms with van der Waals surface area (Å²) in [5, 5.41) is 1.54. The van der Waals surface area contributed by atoms with E-state index in [-0.39, 0.29) is 0 Å². The largest absolute Gasteiger partial charge is 0.0804 e. The lowest BCUT2D eigenvalue weighted by Crippen LogP contribution is -2.23. The minimum Gasteiger partial charge on any atom is -0.0804 e. The molecule has 21 heavy (non-hydrogen) atoms. The van der Waals surface area contributed by atoms with E-state index >= 15 is 0 Å². The summed E-state index contributed by atoms with van der Waals surface area (Å²) in [5.41, 5.74) is 7.42. The van der Waals surface area contributed by atoms with Crippen LogP contribution in [-0.2, 0) is 0 Å². The maximum atomic E-state index is 2.48. The second kappa shape index (κ2) is 4.85. The van der Waals surface area contributed by atoms with Gasteiger partial charge in [0.25, 0.3) is 0 Å². The van der Waals surface area contributed by atoms with Crippen molar-refractivity contribution < 1.29 is 0 Å². The van der Waals surface area contributed by atoms with E-state index in [2.05, 4.69) is 73.8 Å². The molecule has 0 amide bonds. The summed E-state index contributed by atoms with van der Waals surface area (Å²) in [4.78, 5) is 0. The maximum Gasteiger partial charge on any atom is 0.0791 e. The van der Waals surface area contributed by atoms with Gasteiger partial charge in [-0.05, 0) is 28.7 Å². The number of fused-ring (bicyclic) bond motifs is 3. The van der Waals surface area contributed by atoms with Crippen LogP contribution in [0, 0.1) is 0 Å². The van der Waals surface area contributed by atoms with Gasteiger partial charge in [-0.1, -0.05) is 84.5 Å². The standard InChI is InChI=1S/C20H19Si/c1-21(2)15-11-12-17-16-9-5-6-10-18(16)20(19(17)13-15)14-7-3-4-8-14/h3-7,9-13,20H,8H2,1-2H3. The van der Waals surface area contributed by atoms with Crippen molar-refractivity contribution >= 4 is 14.0 Å². The van der Waals surface area contributed by atoms with Gasteiger partial charge in [0, 0.05) is 5.92 Å². The van der Waals surface area contributed by atoms with Gasteiger partial charge in [-0.15, -0.1) is 0 Å². The molecule has 103 valence electrons. The van der Waals surface area contributed by atoms with E-state index in [1.807, 2.05) is 0 Å². The van der Waals surface area contributed by atoms with Crippen LogP contribution < -0.4 is 5.19 Å². The fourth-order valence-corrected chi connectivity index (χ4v) is 4.46. The summed E-state index contributed by atoms with van der Waals surface area (Å²) in [6.07, 6.45) is 7.88. The van der Waals surface area contributed by atoms with Gasteiger partial charge in [0.05, 0.1) is 8.80 Å². The molecule has 0 fully saturated rings. The monoisotopic (exact) mass is 287 g/mol. The molecule has 0 nitrogen and oxygen atoms in total. The number of allylic oxidation sites excluding steroid dienone is 4. The second-order valence-electron chi connectivity index (χ2n) is 6.20. The molecule has 0 spiro atoms. The first-order chi connectivity index (χ1) is 10.3. The van der Waals surface area contributed by atoms with Crippen LogP contribution in [0.4, 0.5) is 0 Å². The van der Waals surface area contributed by atoms with Crippen molar-refractivity contribution in [2.24, 2.45) is 0 Å². The number of benzene rings is 2. The molecule has 0 saturated carbocycles. The highest BCUT2D eigenvalue weighted by molar-refractivity contribution is 6.70. The summed E-state index contributed by atoms with van der Waals surface area (Å²) >= 11 is 0. The van der Waals surface area contributed by atoms with Gasteiger partial charge in [-0.2, -0.15) is 0 Å². The lowest BCUT2D eigenvalue weighted by molar-refractivity contribution is 0.949. The van der Waals surface area contributed by atoms with Gasteiger partial charge < -0.3 is 0 Å². The third-order valence-electron chi connectivity index (χ3n) is 4.67. The molecule has 2 aliphatic carbocycles. The average molecular weight is 287 g/mol. The predicted molar refractivity (Wildman–Crippen MR) is 92.7 cm³/mol. The minimum atomic E-state index is -0.401. The van der Waals surface area contributed by atoms with E-state index in [0.29, 0.717) is 5.92 Å². The van der Waals surface area contributed by atoms with E-state index in [1.54, 1.807) is 10.8 Å². The topological polar surface area (TPSA) is 0 Å². The highest BCUT2D eigenvalue weighted by Crippen LogP contribution is 2.49. The van der Waals surface area contributed by atoms with E-state index in [1.165, 1.54) is 22.3 Å². The number of hydrogen-bond donors (Lipinski definition) is 0. The van der Waals surface area contributed by atoms with Crippen LogP contribution in [-0.4, -0.2) is 8.80 Å². The molecular formula is C20H19Si. The Morgan fingerprint density at radius 1 is 0.952 bits per heavy atom. The molecule has 1 radical (unpaired) electrons. The SMILES string of the molecule is C[Si](C)c1ccc2c(c1)C(C1=CC=CC1)c1ccccc1-2. The van der Waals surface area contributed by atoms with Crippen LogP contribution in [0.3, 0.4) is 0 Å². The van der Waals surface area contributed by atoms with Crippen molar-refractivity contribution in [2.75, 3.05) is 0 Å². The zero-order valence-electron chi connectivity index (χ0n) is 12.6. The smallest absolute Gasteiger partial charge is 0.0791 e. The quantitative estimate of drug-likeness (QED) is 0.706. The molecule has 2 aliphatic rings. The highest BCUT2D eigenvalue weighted by atomic mass is 28.3. The third-order valence-corrected chi connectivity index (χ3v) is 6.14. The first-order valence-electron chi connectivity index (χ1n) is 7.65. The fraction of sp³-hybridized carbons (Fsp3) is 0.200. The number of hydrogen-bond acceptors (Lipinski definition) is 0. The summed E-state index contributed by atoms with van der Waals surface area (Å²) < 4.78 is 0. The highest BCUT2D eigenvalue weighted by Gasteiger charge is 2.31. The van der Waals surface area contributed by atoms with Gasteiger partial charge >= 0.3 is 0 Å².